The first-order valence-corrected chi connectivity index (χ1v) is 8.11. The molecular formula is C12H14BrNO6S. The summed E-state index contributed by atoms with van der Waals surface area (Å²) in [4.78, 5) is 22.0. The van der Waals surface area contributed by atoms with Gasteiger partial charge in [0.05, 0.1) is 12.0 Å². The van der Waals surface area contributed by atoms with Crippen LogP contribution in [0.4, 0.5) is 0 Å². The molecule has 0 unspecified atom stereocenters. The number of carboxylic acids is 1. The topological polar surface area (TPSA) is 110 Å². The van der Waals surface area contributed by atoms with E-state index < -0.39 is 28.0 Å². The monoisotopic (exact) mass is 379 g/mol. The van der Waals surface area contributed by atoms with E-state index in [0.717, 1.165) is 0 Å². The average Bonchev–Trinajstić information content (AvgIpc) is 2.43. The van der Waals surface area contributed by atoms with Gasteiger partial charge in [-0.15, -0.1) is 0 Å². The van der Waals surface area contributed by atoms with Crippen LogP contribution in [0, 0.1) is 0 Å². The Morgan fingerprint density at radius 1 is 1.33 bits per heavy atom. The Morgan fingerprint density at radius 2 is 1.90 bits per heavy atom. The molecule has 0 amide bonds. The van der Waals surface area contributed by atoms with Gasteiger partial charge in [0.15, 0.2) is 0 Å². The fourth-order valence-electron chi connectivity index (χ4n) is 1.47. The molecule has 0 bridgehead atoms. The number of hydrogen-bond donors (Lipinski definition) is 2. The van der Waals surface area contributed by atoms with E-state index in [1.165, 1.54) is 31.4 Å². The number of benzene rings is 1. The molecule has 21 heavy (non-hydrogen) atoms. The summed E-state index contributed by atoms with van der Waals surface area (Å²) < 4.78 is 31.3. The van der Waals surface area contributed by atoms with Gasteiger partial charge in [-0.3, -0.25) is 9.59 Å². The van der Waals surface area contributed by atoms with Crippen LogP contribution in [0.1, 0.15) is 12.8 Å². The molecule has 0 radical (unpaired) electrons. The number of rotatable bonds is 7. The number of carboxylic acid groups (broad SMARTS) is 1. The second-order valence-corrected chi connectivity index (χ2v) is 6.71. The maximum absolute atomic E-state index is 12.1. The fraction of sp³-hybridized carbons (Fsp3) is 0.333. The molecule has 0 aromatic heterocycles. The van der Waals surface area contributed by atoms with Crippen molar-refractivity contribution in [3.63, 3.8) is 0 Å². The highest BCUT2D eigenvalue weighted by molar-refractivity contribution is 9.10. The number of carbonyl (C=O) groups excluding carboxylic acids is 1. The van der Waals surface area contributed by atoms with Crippen LogP contribution in [0.2, 0.25) is 0 Å². The number of esters is 1. The third-order valence-electron chi connectivity index (χ3n) is 2.58. The van der Waals surface area contributed by atoms with Crippen molar-refractivity contribution < 1.29 is 27.9 Å². The van der Waals surface area contributed by atoms with Crippen molar-refractivity contribution in [3.05, 3.63) is 28.7 Å². The van der Waals surface area contributed by atoms with Gasteiger partial charge in [-0.1, -0.05) is 15.9 Å². The Labute approximate surface area is 130 Å². The fourth-order valence-corrected chi connectivity index (χ4v) is 2.95. The predicted molar refractivity (Wildman–Crippen MR) is 77.1 cm³/mol. The third kappa shape index (κ3) is 5.44. The van der Waals surface area contributed by atoms with Gasteiger partial charge in [-0.05, 0) is 30.7 Å². The normalized spacial score (nSPS) is 12.7. The lowest BCUT2D eigenvalue weighted by Gasteiger charge is -2.14. The lowest BCUT2D eigenvalue weighted by atomic mass is 10.2. The maximum atomic E-state index is 12.1. The Kier molecular flexibility index (Phi) is 6.31. The summed E-state index contributed by atoms with van der Waals surface area (Å²) in [6.45, 7) is 0. The number of sulfonamides is 1. The first kappa shape index (κ1) is 17.6. The highest BCUT2D eigenvalue weighted by Gasteiger charge is 2.26. The lowest BCUT2D eigenvalue weighted by Crippen LogP contribution is -2.41. The minimum absolute atomic E-state index is 0.0602. The molecule has 0 spiro atoms. The highest BCUT2D eigenvalue weighted by Crippen LogP contribution is 2.15. The molecule has 0 fully saturated rings. The van der Waals surface area contributed by atoms with Crippen molar-refractivity contribution in [1.29, 1.82) is 0 Å². The molecule has 9 heteroatoms. The van der Waals surface area contributed by atoms with Gasteiger partial charge >= 0.3 is 11.9 Å². The van der Waals surface area contributed by atoms with E-state index in [9.17, 15) is 18.0 Å². The van der Waals surface area contributed by atoms with Crippen molar-refractivity contribution >= 4 is 37.9 Å². The first-order valence-electron chi connectivity index (χ1n) is 5.84. The Bertz CT molecular complexity index is 613. The molecule has 1 rings (SSSR count). The second-order valence-electron chi connectivity index (χ2n) is 4.08. The number of halogens is 1. The number of hydrogen-bond acceptors (Lipinski definition) is 5. The van der Waals surface area contributed by atoms with Crippen LogP contribution in [-0.4, -0.2) is 38.6 Å². The summed E-state index contributed by atoms with van der Waals surface area (Å²) in [5.41, 5.74) is 0. The van der Waals surface area contributed by atoms with Crippen molar-refractivity contribution in [1.82, 2.24) is 4.72 Å². The smallest absolute Gasteiger partial charge is 0.321 e. The van der Waals surface area contributed by atoms with Crippen LogP contribution in [-0.2, 0) is 24.3 Å². The van der Waals surface area contributed by atoms with E-state index in [-0.39, 0.29) is 17.7 Å². The molecule has 116 valence electrons. The van der Waals surface area contributed by atoms with E-state index in [4.69, 9.17) is 5.11 Å². The molecule has 0 aliphatic heterocycles. The lowest BCUT2D eigenvalue weighted by molar-refractivity contribution is -0.142. The molecule has 1 aromatic rings. The molecule has 0 saturated heterocycles. The molecule has 7 nitrogen and oxygen atoms in total. The summed E-state index contributed by atoms with van der Waals surface area (Å²) in [6.07, 6.45) is -0.395. The third-order valence-corrected chi connectivity index (χ3v) is 4.60. The summed E-state index contributed by atoms with van der Waals surface area (Å²) >= 11 is 3.17. The number of ether oxygens (including phenoxy) is 1. The molecule has 1 aromatic carbocycles. The summed E-state index contributed by atoms with van der Waals surface area (Å²) in [7, 11) is -2.81. The van der Waals surface area contributed by atoms with Gasteiger partial charge in [0.2, 0.25) is 10.0 Å². The summed E-state index contributed by atoms with van der Waals surface area (Å²) in [5, 5.41) is 9.03. The van der Waals surface area contributed by atoms with Crippen molar-refractivity contribution in [3.8, 4) is 0 Å². The van der Waals surface area contributed by atoms with Crippen molar-refractivity contribution in [2.75, 3.05) is 7.11 Å². The van der Waals surface area contributed by atoms with E-state index in [2.05, 4.69) is 25.4 Å². The van der Waals surface area contributed by atoms with Gasteiger partial charge < -0.3 is 9.84 Å². The minimum Gasteiger partial charge on any atom is -0.480 e. The molecular weight excluding hydrogens is 366 g/mol. The van der Waals surface area contributed by atoms with E-state index in [1.807, 2.05) is 0 Å². The van der Waals surface area contributed by atoms with Crippen LogP contribution in [0.3, 0.4) is 0 Å². The van der Waals surface area contributed by atoms with Gasteiger partial charge in [-0.25, -0.2) is 8.42 Å². The number of carbonyl (C=O) groups is 2. The molecule has 0 saturated carbocycles. The minimum atomic E-state index is -3.98. The van der Waals surface area contributed by atoms with Gasteiger partial charge in [0, 0.05) is 10.9 Å². The number of aliphatic carboxylic acids is 1. The first-order chi connectivity index (χ1) is 9.76. The Hall–Kier alpha value is -1.45. The number of nitrogens with one attached hydrogen (secondary N) is 1. The van der Waals surface area contributed by atoms with E-state index >= 15 is 0 Å². The van der Waals surface area contributed by atoms with Crippen LogP contribution in [0.15, 0.2) is 33.6 Å². The number of methoxy groups -OCH3 is 1. The molecule has 1 atom stereocenters. The predicted octanol–water partition coefficient (Wildman–Crippen LogP) is 1.13. The maximum Gasteiger partial charge on any atom is 0.321 e. The van der Waals surface area contributed by atoms with Crippen molar-refractivity contribution in [2.24, 2.45) is 0 Å². The molecule has 2 N–H and O–H groups in total. The molecule has 0 heterocycles. The van der Waals surface area contributed by atoms with Crippen LogP contribution < -0.4 is 4.72 Å². The van der Waals surface area contributed by atoms with E-state index in [1.54, 1.807) is 0 Å². The van der Waals surface area contributed by atoms with Crippen molar-refractivity contribution in [2.45, 2.75) is 23.8 Å². The van der Waals surface area contributed by atoms with Crippen LogP contribution in [0.25, 0.3) is 0 Å². The zero-order valence-electron chi connectivity index (χ0n) is 11.1. The summed E-state index contributed by atoms with van der Waals surface area (Å²) in [6, 6.07) is 4.33. The standard InChI is InChI=1S/C12H14BrNO6S/c1-20-11(15)7-6-10(12(16)17)14-21(18,19)9-4-2-8(13)3-5-9/h2-5,10,14H,6-7H2,1H3,(H,16,17)/t10-/m1/s1. The molecule has 0 aliphatic rings. The van der Waals surface area contributed by atoms with Gasteiger partial charge in [0.25, 0.3) is 0 Å². The van der Waals surface area contributed by atoms with E-state index in [0.29, 0.717) is 4.47 Å². The Morgan fingerprint density at radius 3 is 2.38 bits per heavy atom. The van der Waals surface area contributed by atoms with Crippen LogP contribution >= 0.6 is 15.9 Å². The Balaban J connectivity index is 2.84. The van der Waals surface area contributed by atoms with Gasteiger partial charge in [0.1, 0.15) is 6.04 Å². The quantitative estimate of drug-likeness (QED) is 0.687. The second kappa shape index (κ2) is 7.53. The van der Waals surface area contributed by atoms with Crippen LogP contribution in [0.5, 0.6) is 0 Å². The summed E-state index contributed by atoms with van der Waals surface area (Å²) in [5.74, 6) is -1.97. The largest absolute Gasteiger partial charge is 0.480 e. The molecule has 0 aliphatic carbocycles. The van der Waals surface area contributed by atoms with Gasteiger partial charge in [-0.2, -0.15) is 4.72 Å². The highest BCUT2D eigenvalue weighted by atomic mass is 79.9. The zero-order chi connectivity index (χ0) is 16.0. The average molecular weight is 380 g/mol. The zero-order valence-corrected chi connectivity index (χ0v) is 13.5. The SMILES string of the molecule is COC(=O)CC[C@@H](NS(=O)(=O)c1ccc(Br)cc1)C(=O)O.